The summed E-state index contributed by atoms with van der Waals surface area (Å²) in [6, 6.07) is 8.37. The zero-order valence-electron chi connectivity index (χ0n) is 11.5. The molecule has 0 saturated carbocycles. The minimum atomic E-state index is 0.774. The van der Waals surface area contributed by atoms with Crippen molar-refractivity contribution in [1.82, 2.24) is 20.1 Å². The van der Waals surface area contributed by atoms with Gasteiger partial charge in [0.1, 0.15) is 0 Å². The molecule has 0 unspecified atom stereocenters. The first-order valence-electron chi connectivity index (χ1n) is 6.46. The predicted molar refractivity (Wildman–Crippen MR) is 78.0 cm³/mol. The minimum Gasteiger partial charge on any atom is -0.361 e. The summed E-state index contributed by atoms with van der Waals surface area (Å²) in [6.45, 7) is 2.89. The van der Waals surface area contributed by atoms with E-state index in [0.29, 0.717) is 0 Å². The molecule has 0 aliphatic rings. The Hall–Kier alpha value is -2.07. The van der Waals surface area contributed by atoms with Gasteiger partial charge >= 0.3 is 0 Å². The maximum absolute atomic E-state index is 4.60. The fraction of sp³-hybridized carbons (Fsp3) is 0.267. The third-order valence-corrected chi connectivity index (χ3v) is 3.61. The molecule has 0 radical (unpaired) electrons. The lowest BCUT2D eigenvalue weighted by molar-refractivity contribution is 0.698. The first-order chi connectivity index (χ1) is 9.22. The lowest BCUT2D eigenvalue weighted by Gasteiger charge is -2.02. The smallest absolute Gasteiger partial charge is 0.0844 e. The summed E-state index contributed by atoms with van der Waals surface area (Å²) < 4.78 is 1.95. The van der Waals surface area contributed by atoms with Crippen molar-refractivity contribution in [2.75, 3.05) is 7.05 Å². The van der Waals surface area contributed by atoms with Crippen molar-refractivity contribution in [3.8, 4) is 11.1 Å². The standard InChI is InChI=1S/C15H18N4/c1-10-15(14(9-16-2)18-19(10)3)12-8-17-13-7-5-4-6-11(12)13/h4-8,16-17H,9H2,1-3H3. The van der Waals surface area contributed by atoms with Gasteiger partial charge in [0, 0.05) is 47.5 Å². The second kappa shape index (κ2) is 4.55. The van der Waals surface area contributed by atoms with E-state index < -0.39 is 0 Å². The largest absolute Gasteiger partial charge is 0.361 e. The maximum atomic E-state index is 4.60. The van der Waals surface area contributed by atoms with Gasteiger partial charge in [-0.1, -0.05) is 18.2 Å². The second-order valence-electron chi connectivity index (χ2n) is 4.81. The van der Waals surface area contributed by atoms with Crippen molar-refractivity contribution in [2.24, 2.45) is 7.05 Å². The van der Waals surface area contributed by atoms with Gasteiger partial charge in [-0.05, 0) is 20.0 Å². The van der Waals surface area contributed by atoms with Crippen LogP contribution < -0.4 is 5.32 Å². The number of hydrogen-bond acceptors (Lipinski definition) is 2. The quantitative estimate of drug-likeness (QED) is 0.754. The van der Waals surface area contributed by atoms with Crippen LogP contribution in [0.5, 0.6) is 0 Å². The number of hydrogen-bond donors (Lipinski definition) is 2. The molecule has 98 valence electrons. The van der Waals surface area contributed by atoms with E-state index >= 15 is 0 Å². The van der Waals surface area contributed by atoms with E-state index in [1.807, 2.05) is 24.8 Å². The van der Waals surface area contributed by atoms with Crippen molar-refractivity contribution in [2.45, 2.75) is 13.5 Å². The number of aromatic amines is 1. The number of aromatic nitrogens is 3. The molecule has 0 saturated heterocycles. The van der Waals surface area contributed by atoms with Crippen LogP contribution in [0.25, 0.3) is 22.0 Å². The molecule has 0 amide bonds. The molecule has 2 aromatic heterocycles. The molecule has 4 heteroatoms. The average molecular weight is 254 g/mol. The SMILES string of the molecule is CNCc1nn(C)c(C)c1-c1c[nH]c2ccccc12. The van der Waals surface area contributed by atoms with Crippen LogP contribution in [0.3, 0.4) is 0 Å². The number of rotatable bonds is 3. The van der Waals surface area contributed by atoms with Crippen LogP contribution in [-0.4, -0.2) is 21.8 Å². The molecule has 0 aliphatic heterocycles. The normalized spacial score (nSPS) is 11.3. The molecular formula is C15H18N4. The van der Waals surface area contributed by atoms with Gasteiger partial charge in [0.25, 0.3) is 0 Å². The first-order valence-corrected chi connectivity index (χ1v) is 6.46. The summed E-state index contributed by atoms with van der Waals surface area (Å²) >= 11 is 0. The predicted octanol–water partition coefficient (Wildman–Crippen LogP) is 2.60. The van der Waals surface area contributed by atoms with Crippen LogP contribution in [0.4, 0.5) is 0 Å². The molecule has 2 N–H and O–H groups in total. The second-order valence-corrected chi connectivity index (χ2v) is 4.81. The molecule has 0 bridgehead atoms. The number of nitrogens with one attached hydrogen (secondary N) is 2. The topological polar surface area (TPSA) is 45.6 Å². The van der Waals surface area contributed by atoms with Crippen LogP contribution in [0, 0.1) is 6.92 Å². The third kappa shape index (κ3) is 1.85. The number of aryl methyl sites for hydroxylation is 1. The molecular weight excluding hydrogens is 236 g/mol. The highest BCUT2D eigenvalue weighted by molar-refractivity contribution is 5.96. The van der Waals surface area contributed by atoms with Crippen LogP contribution in [-0.2, 0) is 13.6 Å². The Kier molecular flexibility index (Phi) is 2.87. The molecule has 3 rings (SSSR count). The number of para-hydroxylation sites is 1. The molecule has 1 aromatic carbocycles. The van der Waals surface area contributed by atoms with Gasteiger partial charge in [0.15, 0.2) is 0 Å². The Morgan fingerprint density at radius 3 is 2.89 bits per heavy atom. The monoisotopic (exact) mass is 254 g/mol. The van der Waals surface area contributed by atoms with Gasteiger partial charge in [-0.2, -0.15) is 5.10 Å². The number of benzene rings is 1. The van der Waals surface area contributed by atoms with E-state index in [9.17, 15) is 0 Å². The zero-order valence-corrected chi connectivity index (χ0v) is 11.5. The average Bonchev–Trinajstić information content (AvgIpc) is 2.93. The van der Waals surface area contributed by atoms with Crippen molar-refractivity contribution >= 4 is 10.9 Å². The van der Waals surface area contributed by atoms with E-state index in [-0.39, 0.29) is 0 Å². The lowest BCUT2D eigenvalue weighted by Crippen LogP contribution is -2.07. The summed E-state index contributed by atoms with van der Waals surface area (Å²) in [4.78, 5) is 3.34. The Balaban J connectivity index is 2.26. The van der Waals surface area contributed by atoms with Crippen molar-refractivity contribution in [1.29, 1.82) is 0 Å². The molecule has 0 spiro atoms. The summed E-state index contributed by atoms with van der Waals surface area (Å²) in [7, 11) is 3.94. The molecule has 2 heterocycles. The summed E-state index contributed by atoms with van der Waals surface area (Å²) in [5.74, 6) is 0. The van der Waals surface area contributed by atoms with Gasteiger partial charge in [0.05, 0.1) is 5.69 Å². The van der Waals surface area contributed by atoms with Crippen molar-refractivity contribution in [3.63, 3.8) is 0 Å². The highest BCUT2D eigenvalue weighted by Gasteiger charge is 2.17. The summed E-state index contributed by atoms with van der Waals surface area (Å²) in [6.07, 6.45) is 2.08. The van der Waals surface area contributed by atoms with Crippen LogP contribution in [0.2, 0.25) is 0 Å². The minimum absolute atomic E-state index is 0.774. The Bertz CT molecular complexity index is 721. The van der Waals surface area contributed by atoms with Crippen LogP contribution in [0.15, 0.2) is 30.5 Å². The van der Waals surface area contributed by atoms with Crippen LogP contribution in [0.1, 0.15) is 11.4 Å². The maximum Gasteiger partial charge on any atom is 0.0844 e. The van der Waals surface area contributed by atoms with E-state index in [4.69, 9.17) is 0 Å². The van der Waals surface area contributed by atoms with Gasteiger partial charge in [-0.15, -0.1) is 0 Å². The van der Waals surface area contributed by atoms with E-state index in [1.54, 1.807) is 0 Å². The Labute approximate surface area is 112 Å². The lowest BCUT2D eigenvalue weighted by atomic mass is 10.0. The van der Waals surface area contributed by atoms with Gasteiger partial charge in [0.2, 0.25) is 0 Å². The van der Waals surface area contributed by atoms with Gasteiger partial charge in [-0.3, -0.25) is 4.68 Å². The van der Waals surface area contributed by atoms with Crippen LogP contribution >= 0.6 is 0 Å². The zero-order chi connectivity index (χ0) is 13.4. The highest BCUT2D eigenvalue weighted by Crippen LogP contribution is 2.33. The molecule has 0 aliphatic carbocycles. The molecule has 0 atom stereocenters. The summed E-state index contributed by atoms with van der Waals surface area (Å²) in [5.41, 5.74) is 5.90. The van der Waals surface area contributed by atoms with Gasteiger partial charge < -0.3 is 10.3 Å². The fourth-order valence-corrected chi connectivity index (χ4v) is 2.60. The first kappa shape index (κ1) is 12.0. The third-order valence-electron chi connectivity index (χ3n) is 3.61. The fourth-order valence-electron chi connectivity index (χ4n) is 2.60. The Morgan fingerprint density at radius 1 is 1.32 bits per heavy atom. The van der Waals surface area contributed by atoms with E-state index in [1.165, 1.54) is 22.2 Å². The summed E-state index contributed by atoms with van der Waals surface area (Å²) in [5, 5.41) is 9.04. The van der Waals surface area contributed by atoms with Crippen molar-refractivity contribution in [3.05, 3.63) is 41.9 Å². The molecule has 0 fully saturated rings. The number of fused-ring (bicyclic) bond motifs is 1. The van der Waals surface area contributed by atoms with Crippen molar-refractivity contribution < 1.29 is 0 Å². The number of nitrogens with zero attached hydrogens (tertiary/aromatic N) is 2. The Morgan fingerprint density at radius 2 is 2.11 bits per heavy atom. The van der Waals surface area contributed by atoms with Gasteiger partial charge in [-0.25, -0.2) is 0 Å². The van der Waals surface area contributed by atoms with E-state index in [0.717, 1.165) is 17.8 Å². The molecule has 3 aromatic rings. The number of H-pyrrole nitrogens is 1. The highest BCUT2D eigenvalue weighted by atomic mass is 15.3. The molecule has 4 nitrogen and oxygen atoms in total. The molecule has 19 heavy (non-hydrogen) atoms. The van der Waals surface area contributed by atoms with E-state index in [2.05, 4.69) is 46.7 Å².